The number of aliphatic carboxylic acids is 1. The first-order valence-electron chi connectivity index (χ1n) is 6.46. The van der Waals surface area contributed by atoms with Crippen molar-refractivity contribution in [3.8, 4) is 0 Å². The van der Waals surface area contributed by atoms with Gasteiger partial charge in [-0.25, -0.2) is 9.59 Å². The minimum atomic E-state index is -1.31. The standard InChI is InChI=1S/C15H16N2O4/c18-9-13(14(19)20)17-15(21)16-8-11-6-3-5-10-4-1-2-7-12(10)11/h1-7,13,18H,8-9H2,(H,19,20)(H2,16,17,21)/t13-/m1/s1. The SMILES string of the molecule is O=C(NCc1cccc2ccccc12)N[C@H](CO)C(=O)O. The van der Waals surface area contributed by atoms with E-state index >= 15 is 0 Å². The van der Waals surface area contributed by atoms with Crippen LogP contribution in [-0.2, 0) is 11.3 Å². The lowest BCUT2D eigenvalue weighted by Gasteiger charge is -2.13. The van der Waals surface area contributed by atoms with E-state index in [1.165, 1.54) is 0 Å². The molecule has 0 spiro atoms. The zero-order valence-corrected chi connectivity index (χ0v) is 11.2. The summed E-state index contributed by atoms with van der Waals surface area (Å²) in [6.45, 7) is -0.387. The van der Waals surface area contributed by atoms with E-state index in [2.05, 4.69) is 10.6 Å². The molecule has 4 N–H and O–H groups in total. The molecule has 2 aromatic carbocycles. The molecule has 0 radical (unpaired) electrons. The number of aliphatic hydroxyl groups is 1. The molecule has 0 aromatic heterocycles. The third kappa shape index (κ3) is 3.70. The van der Waals surface area contributed by atoms with Crippen LogP contribution in [0.4, 0.5) is 4.79 Å². The van der Waals surface area contributed by atoms with Gasteiger partial charge in [0, 0.05) is 6.54 Å². The lowest BCUT2D eigenvalue weighted by molar-refractivity contribution is -0.140. The van der Waals surface area contributed by atoms with Crippen LogP contribution in [0.1, 0.15) is 5.56 Å². The number of urea groups is 1. The summed E-state index contributed by atoms with van der Waals surface area (Å²) in [6, 6.07) is 11.6. The Labute approximate surface area is 121 Å². The van der Waals surface area contributed by atoms with E-state index < -0.39 is 24.6 Å². The predicted molar refractivity (Wildman–Crippen MR) is 77.8 cm³/mol. The number of carboxylic acids is 1. The van der Waals surface area contributed by atoms with Crippen molar-refractivity contribution < 1.29 is 19.8 Å². The molecule has 0 heterocycles. The van der Waals surface area contributed by atoms with Gasteiger partial charge in [-0.3, -0.25) is 0 Å². The first-order valence-corrected chi connectivity index (χ1v) is 6.46. The zero-order valence-electron chi connectivity index (χ0n) is 11.2. The Hall–Kier alpha value is -2.60. The van der Waals surface area contributed by atoms with Crippen LogP contribution in [0.3, 0.4) is 0 Å². The fraction of sp³-hybridized carbons (Fsp3) is 0.200. The zero-order chi connectivity index (χ0) is 15.2. The highest BCUT2D eigenvalue weighted by atomic mass is 16.4. The summed E-state index contributed by atoms with van der Waals surface area (Å²) < 4.78 is 0. The number of carbonyl (C=O) groups is 2. The second kappa shape index (κ2) is 6.71. The predicted octanol–water partition coefficient (Wildman–Crippen LogP) is 1.08. The Balaban J connectivity index is 2.02. The van der Waals surface area contributed by atoms with Gasteiger partial charge < -0.3 is 20.8 Å². The van der Waals surface area contributed by atoms with Crippen LogP contribution in [0.2, 0.25) is 0 Å². The highest BCUT2D eigenvalue weighted by Crippen LogP contribution is 2.18. The van der Waals surface area contributed by atoms with Gasteiger partial charge in [-0.05, 0) is 16.3 Å². The molecule has 1 atom stereocenters. The molecule has 0 bridgehead atoms. The number of hydrogen-bond donors (Lipinski definition) is 4. The van der Waals surface area contributed by atoms with E-state index in [1.807, 2.05) is 42.5 Å². The maximum absolute atomic E-state index is 11.6. The molecule has 6 nitrogen and oxygen atoms in total. The van der Waals surface area contributed by atoms with Crippen molar-refractivity contribution in [1.29, 1.82) is 0 Å². The van der Waals surface area contributed by atoms with Gasteiger partial charge in [-0.15, -0.1) is 0 Å². The van der Waals surface area contributed by atoms with E-state index in [0.717, 1.165) is 16.3 Å². The maximum Gasteiger partial charge on any atom is 0.328 e. The Kier molecular flexibility index (Phi) is 4.73. The fourth-order valence-electron chi connectivity index (χ4n) is 2.02. The van der Waals surface area contributed by atoms with Crippen LogP contribution in [0.15, 0.2) is 42.5 Å². The third-order valence-corrected chi connectivity index (χ3v) is 3.11. The summed E-state index contributed by atoms with van der Waals surface area (Å²) in [5.74, 6) is -1.28. The summed E-state index contributed by atoms with van der Waals surface area (Å²) in [4.78, 5) is 22.3. The Morgan fingerprint density at radius 1 is 1.10 bits per heavy atom. The van der Waals surface area contributed by atoms with Crippen molar-refractivity contribution in [2.24, 2.45) is 0 Å². The molecule has 0 aliphatic carbocycles. The molecule has 2 amide bonds. The minimum absolute atomic E-state index is 0.269. The van der Waals surface area contributed by atoms with Crippen molar-refractivity contribution in [2.75, 3.05) is 6.61 Å². The van der Waals surface area contributed by atoms with Crippen LogP contribution >= 0.6 is 0 Å². The number of fused-ring (bicyclic) bond motifs is 1. The van der Waals surface area contributed by atoms with Crippen LogP contribution in [0.25, 0.3) is 10.8 Å². The van der Waals surface area contributed by atoms with E-state index in [0.29, 0.717) is 0 Å². The van der Waals surface area contributed by atoms with Crippen molar-refractivity contribution >= 4 is 22.8 Å². The lowest BCUT2D eigenvalue weighted by atomic mass is 10.0. The molecule has 2 aromatic rings. The molecule has 0 unspecified atom stereocenters. The summed E-state index contributed by atoms with van der Waals surface area (Å²) in [5, 5.41) is 24.5. The molecule has 21 heavy (non-hydrogen) atoms. The fourth-order valence-corrected chi connectivity index (χ4v) is 2.02. The molecule has 6 heteroatoms. The topological polar surface area (TPSA) is 98.7 Å². The summed E-state index contributed by atoms with van der Waals surface area (Å²) in [6.07, 6.45) is 0. The van der Waals surface area contributed by atoms with Crippen LogP contribution < -0.4 is 10.6 Å². The van der Waals surface area contributed by atoms with E-state index in [9.17, 15) is 9.59 Å². The normalized spacial score (nSPS) is 11.9. The molecule has 110 valence electrons. The van der Waals surface area contributed by atoms with Gasteiger partial charge in [0.1, 0.15) is 0 Å². The van der Waals surface area contributed by atoms with Crippen LogP contribution in [0, 0.1) is 0 Å². The number of rotatable bonds is 5. The van der Waals surface area contributed by atoms with E-state index in [1.54, 1.807) is 0 Å². The molecule has 2 rings (SSSR count). The maximum atomic E-state index is 11.6. The van der Waals surface area contributed by atoms with Gasteiger partial charge in [0.05, 0.1) is 6.61 Å². The third-order valence-electron chi connectivity index (χ3n) is 3.11. The molecule has 0 aliphatic rings. The minimum Gasteiger partial charge on any atom is -0.480 e. The molecule has 0 fully saturated rings. The number of hydrogen-bond acceptors (Lipinski definition) is 3. The lowest BCUT2D eigenvalue weighted by Crippen LogP contribution is -2.47. The van der Waals surface area contributed by atoms with Crippen LogP contribution in [0.5, 0.6) is 0 Å². The van der Waals surface area contributed by atoms with Crippen LogP contribution in [-0.4, -0.2) is 34.9 Å². The number of carboxylic acid groups (broad SMARTS) is 1. The van der Waals surface area contributed by atoms with Gasteiger partial charge in [-0.1, -0.05) is 42.5 Å². The summed E-state index contributed by atoms with van der Waals surface area (Å²) >= 11 is 0. The number of nitrogens with one attached hydrogen (secondary N) is 2. The number of benzene rings is 2. The average Bonchev–Trinajstić information content (AvgIpc) is 2.50. The van der Waals surface area contributed by atoms with Gasteiger partial charge >= 0.3 is 12.0 Å². The highest BCUT2D eigenvalue weighted by Gasteiger charge is 2.18. The molecular weight excluding hydrogens is 272 g/mol. The van der Waals surface area contributed by atoms with Crippen molar-refractivity contribution in [3.05, 3.63) is 48.0 Å². The Morgan fingerprint density at radius 3 is 2.52 bits per heavy atom. The Bertz CT molecular complexity index is 652. The van der Waals surface area contributed by atoms with Gasteiger partial charge in [0.2, 0.25) is 0 Å². The number of aliphatic hydroxyl groups excluding tert-OH is 1. The summed E-state index contributed by atoms with van der Waals surface area (Å²) in [5.41, 5.74) is 0.930. The monoisotopic (exact) mass is 288 g/mol. The largest absolute Gasteiger partial charge is 0.480 e. The smallest absolute Gasteiger partial charge is 0.328 e. The quantitative estimate of drug-likeness (QED) is 0.661. The van der Waals surface area contributed by atoms with E-state index in [4.69, 9.17) is 10.2 Å². The van der Waals surface area contributed by atoms with Gasteiger partial charge in [0.25, 0.3) is 0 Å². The summed E-state index contributed by atoms with van der Waals surface area (Å²) in [7, 11) is 0. The average molecular weight is 288 g/mol. The number of amides is 2. The Morgan fingerprint density at radius 2 is 1.81 bits per heavy atom. The highest BCUT2D eigenvalue weighted by molar-refractivity contribution is 5.86. The van der Waals surface area contributed by atoms with Crippen molar-refractivity contribution in [2.45, 2.75) is 12.6 Å². The van der Waals surface area contributed by atoms with E-state index in [-0.39, 0.29) is 6.54 Å². The number of carbonyl (C=O) groups excluding carboxylic acids is 1. The molecule has 0 aliphatic heterocycles. The molecular formula is C15H16N2O4. The second-order valence-corrected chi connectivity index (χ2v) is 4.54. The van der Waals surface area contributed by atoms with Gasteiger partial charge in [0.15, 0.2) is 6.04 Å². The van der Waals surface area contributed by atoms with Gasteiger partial charge in [-0.2, -0.15) is 0 Å². The first-order chi connectivity index (χ1) is 10.1. The molecule has 0 saturated heterocycles. The van der Waals surface area contributed by atoms with Crippen molar-refractivity contribution in [3.63, 3.8) is 0 Å². The molecule has 0 saturated carbocycles. The first kappa shape index (κ1) is 14.8. The van der Waals surface area contributed by atoms with Crippen molar-refractivity contribution in [1.82, 2.24) is 10.6 Å². The second-order valence-electron chi connectivity index (χ2n) is 4.54.